The minimum Gasteiger partial charge on any atom is -0.334 e. The van der Waals surface area contributed by atoms with Gasteiger partial charge in [0.15, 0.2) is 0 Å². The van der Waals surface area contributed by atoms with Crippen molar-refractivity contribution >= 4 is 27.5 Å². The van der Waals surface area contributed by atoms with Gasteiger partial charge in [0.1, 0.15) is 17.2 Å². The lowest BCUT2D eigenvalue weighted by Crippen LogP contribution is -2.36. The van der Waals surface area contributed by atoms with Crippen molar-refractivity contribution in [1.29, 1.82) is 0 Å². The van der Waals surface area contributed by atoms with Crippen molar-refractivity contribution < 1.29 is 9.18 Å². The molecule has 2 aromatic heterocycles. The van der Waals surface area contributed by atoms with Crippen LogP contribution in [0.4, 0.5) is 4.39 Å². The Morgan fingerprint density at radius 3 is 2.75 bits per heavy atom. The van der Waals surface area contributed by atoms with Gasteiger partial charge in [-0.05, 0) is 41.7 Å². The molecule has 3 heterocycles. The molecule has 5 rings (SSSR count). The fourth-order valence-electron chi connectivity index (χ4n) is 4.41. The Morgan fingerprint density at radius 2 is 1.97 bits per heavy atom. The highest BCUT2D eigenvalue weighted by atomic mass is 32.1. The summed E-state index contributed by atoms with van der Waals surface area (Å²) >= 11 is 1.46. The molecule has 162 valence electrons. The zero-order valence-electron chi connectivity index (χ0n) is 17.6. The van der Waals surface area contributed by atoms with E-state index >= 15 is 0 Å². The topological polar surface area (TPSA) is 55.2 Å². The predicted molar refractivity (Wildman–Crippen MR) is 124 cm³/mol. The molecule has 2 atom stereocenters. The lowest BCUT2D eigenvalue weighted by Gasteiger charge is -2.25. The summed E-state index contributed by atoms with van der Waals surface area (Å²) in [6, 6.07) is 17.9. The van der Waals surface area contributed by atoms with E-state index in [4.69, 9.17) is 0 Å². The Kier molecular flexibility index (Phi) is 5.35. The van der Waals surface area contributed by atoms with E-state index < -0.39 is 0 Å². The number of halogens is 1. The number of carbonyl (C=O) groups is 1. The second kappa shape index (κ2) is 8.31. The minimum absolute atomic E-state index is 0.0865. The van der Waals surface area contributed by atoms with Crippen LogP contribution in [0, 0.1) is 11.7 Å². The quantitative estimate of drug-likeness (QED) is 0.448. The highest BCUT2D eigenvalue weighted by Gasteiger charge is 2.34. The molecule has 1 saturated heterocycles. The van der Waals surface area contributed by atoms with E-state index in [1.165, 1.54) is 34.4 Å². The zero-order chi connectivity index (χ0) is 22.2. The molecule has 0 N–H and O–H groups in total. The fraction of sp³-hybridized carbons (Fsp3) is 0.240. The van der Waals surface area contributed by atoms with Gasteiger partial charge in [-0.2, -0.15) is 0 Å². The smallest absolute Gasteiger partial charge is 0.262 e. The second-order valence-electron chi connectivity index (χ2n) is 8.33. The van der Waals surface area contributed by atoms with E-state index in [9.17, 15) is 14.0 Å². The van der Waals surface area contributed by atoms with Crippen LogP contribution in [0.1, 0.15) is 24.9 Å². The number of thiophene rings is 1. The molecule has 1 amide bonds. The van der Waals surface area contributed by atoms with E-state index in [0.29, 0.717) is 22.7 Å². The van der Waals surface area contributed by atoms with E-state index in [1.807, 2.05) is 42.5 Å². The molecule has 1 aliphatic heterocycles. The molecule has 0 bridgehead atoms. The first-order chi connectivity index (χ1) is 15.5. The first kappa shape index (κ1) is 20.6. The van der Waals surface area contributed by atoms with Crippen LogP contribution in [-0.2, 0) is 11.3 Å². The summed E-state index contributed by atoms with van der Waals surface area (Å²) in [6.45, 7) is 2.58. The number of hydrogen-bond donors (Lipinski definition) is 0. The molecule has 2 unspecified atom stereocenters. The summed E-state index contributed by atoms with van der Waals surface area (Å²) in [7, 11) is 0. The first-order valence-corrected chi connectivity index (χ1v) is 11.4. The first-order valence-electron chi connectivity index (χ1n) is 10.6. The molecule has 0 aliphatic carbocycles. The van der Waals surface area contributed by atoms with Crippen LogP contribution < -0.4 is 5.56 Å². The summed E-state index contributed by atoms with van der Waals surface area (Å²) in [6.07, 6.45) is 2.22. The fourth-order valence-corrected chi connectivity index (χ4v) is 5.40. The zero-order valence-corrected chi connectivity index (χ0v) is 18.4. The molecule has 0 saturated carbocycles. The number of fused-ring (bicyclic) bond motifs is 1. The van der Waals surface area contributed by atoms with Crippen LogP contribution in [0.15, 0.2) is 71.8 Å². The van der Waals surface area contributed by atoms with Gasteiger partial charge in [0.25, 0.3) is 5.56 Å². The van der Waals surface area contributed by atoms with E-state index in [0.717, 1.165) is 22.4 Å². The largest absolute Gasteiger partial charge is 0.334 e. The van der Waals surface area contributed by atoms with Crippen molar-refractivity contribution in [2.75, 3.05) is 6.54 Å². The molecule has 32 heavy (non-hydrogen) atoms. The monoisotopic (exact) mass is 447 g/mol. The lowest BCUT2D eigenvalue weighted by atomic mass is 10.0. The third-order valence-electron chi connectivity index (χ3n) is 5.95. The Balaban J connectivity index is 1.43. The average molecular weight is 448 g/mol. The number of likely N-dealkylation sites (tertiary alicyclic amines) is 1. The standard InChI is InChI=1S/C25H22FN3O2S/c1-16-10-21(18-8-5-9-19(26)11-18)29(13-16)23(30)14-28-15-27-24-20(25(28)31)12-22(32-24)17-6-3-2-4-7-17/h2-9,11-12,15-16,21H,10,13-14H2,1H3. The van der Waals surface area contributed by atoms with Gasteiger partial charge in [0, 0.05) is 11.4 Å². The van der Waals surface area contributed by atoms with E-state index in [2.05, 4.69) is 11.9 Å². The van der Waals surface area contributed by atoms with E-state index in [-0.39, 0.29) is 29.9 Å². The summed E-state index contributed by atoms with van der Waals surface area (Å²) in [5, 5.41) is 0.514. The SMILES string of the molecule is CC1CC(c2cccc(F)c2)N(C(=O)Cn2cnc3sc(-c4ccccc4)cc3c2=O)C1. The van der Waals surface area contributed by atoms with Gasteiger partial charge in [-0.25, -0.2) is 9.37 Å². The highest BCUT2D eigenvalue weighted by molar-refractivity contribution is 7.21. The number of carbonyl (C=O) groups excluding carboxylic acids is 1. The van der Waals surface area contributed by atoms with Gasteiger partial charge < -0.3 is 4.90 Å². The summed E-state index contributed by atoms with van der Waals surface area (Å²) < 4.78 is 15.1. The number of hydrogen-bond acceptors (Lipinski definition) is 4. The summed E-state index contributed by atoms with van der Waals surface area (Å²) in [5.74, 6) is -0.174. The van der Waals surface area contributed by atoms with Gasteiger partial charge in [-0.15, -0.1) is 11.3 Å². The highest BCUT2D eigenvalue weighted by Crippen LogP contribution is 2.36. The maximum Gasteiger partial charge on any atom is 0.262 e. The number of rotatable bonds is 4. The van der Waals surface area contributed by atoms with Crippen LogP contribution in [0.25, 0.3) is 20.7 Å². The predicted octanol–water partition coefficient (Wildman–Crippen LogP) is 4.87. The molecule has 5 nitrogen and oxygen atoms in total. The van der Waals surface area contributed by atoms with Crippen molar-refractivity contribution in [2.45, 2.75) is 25.9 Å². The Labute approximate surface area is 188 Å². The number of benzene rings is 2. The van der Waals surface area contributed by atoms with Gasteiger partial charge in [0.05, 0.1) is 17.8 Å². The average Bonchev–Trinajstić information content (AvgIpc) is 3.41. The van der Waals surface area contributed by atoms with Crippen LogP contribution >= 0.6 is 11.3 Å². The number of aromatic nitrogens is 2. The third kappa shape index (κ3) is 3.84. The molecular weight excluding hydrogens is 425 g/mol. The van der Waals surface area contributed by atoms with Crippen LogP contribution in [0.2, 0.25) is 0 Å². The molecule has 0 spiro atoms. The van der Waals surface area contributed by atoms with Crippen molar-refractivity contribution in [3.8, 4) is 10.4 Å². The molecule has 1 fully saturated rings. The maximum absolute atomic E-state index is 13.8. The second-order valence-corrected chi connectivity index (χ2v) is 9.36. The molecular formula is C25H22FN3O2S. The lowest BCUT2D eigenvalue weighted by molar-refractivity contribution is -0.133. The number of nitrogens with zero attached hydrogens (tertiary/aromatic N) is 3. The maximum atomic E-state index is 13.8. The van der Waals surface area contributed by atoms with Crippen LogP contribution in [0.3, 0.4) is 0 Å². The summed E-state index contributed by atoms with van der Waals surface area (Å²) in [5.41, 5.74) is 1.59. The van der Waals surface area contributed by atoms with Gasteiger partial charge >= 0.3 is 0 Å². The molecule has 0 radical (unpaired) electrons. The van der Waals surface area contributed by atoms with Crippen LogP contribution in [0.5, 0.6) is 0 Å². The van der Waals surface area contributed by atoms with Gasteiger partial charge in [0.2, 0.25) is 5.91 Å². The van der Waals surface area contributed by atoms with Crippen molar-refractivity contribution in [3.05, 3.63) is 88.7 Å². The Morgan fingerprint density at radius 1 is 1.16 bits per heavy atom. The molecule has 1 aliphatic rings. The van der Waals surface area contributed by atoms with Crippen molar-refractivity contribution in [1.82, 2.24) is 14.5 Å². The van der Waals surface area contributed by atoms with E-state index in [1.54, 1.807) is 11.0 Å². The Hall–Kier alpha value is -3.32. The molecule has 2 aromatic carbocycles. The van der Waals surface area contributed by atoms with Crippen molar-refractivity contribution in [3.63, 3.8) is 0 Å². The minimum atomic E-state index is -0.313. The molecule has 4 aromatic rings. The summed E-state index contributed by atoms with van der Waals surface area (Å²) in [4.78, 5) is 34.1. The number of amides is 1. The van der Waals surface area contributed by atoms with Gasteiger partial charge in [-0.3, -0.25) is 14.2 Å². The van der Waals surface area contributed by atoms with Gasteiger partial charge in [-0.1, -0.05) is 49.4 Å². The molecule has 7 heteroatoms. The third-order valence-corrected chi connectivity index (χ3v) is 7.04. The van der Waals surface area contributed by atoms with Crippen molar-refractivity contribution in [2.24, 2.45) is 5.92 Å². The van der Waals surface area contributed by atoms with Crippen LogP contribution in [-0.4, -0.2) is 26.9 Å². The normalized spacial score (nSPS) is 18.4. The Bertz CT molecular complexity index is 1350.